The van der Waals surface area contributed by atoms with Gasteiger partial charge in [0, 0.05) is 40.5 Å². The third-order valence-corrected chi connectivity index (χ3v) is 12.3. The molecule has 1 unspecified atom stereocenters. The van der Waals surface area contributed by atoms with Crippen molar-refractivity contribution in [1.82, 2.24) is 14.9 Å². The molecule has 5 aromatic rings. The second kappa shape index (κ2) is 18.5. The number of ether oxygens (including phenoxy) is 1. The van der Waals surface area contributed by atoms with Gasteiger partial charge in [0.05, 0.1) is 36.3 Å². The fourth-order valence-electron chi connectivity index (χ4n) is 4.94. The molecule has 21 nitrogen and oxygen atoms in total. The number of rotatable bonds is 18. The van der Waals surface area contributed by atoms with E-state index in [4.69, 9.17) is 9.99 Å². The summed E-state index contributed by atoms with van der Waals surface area (Å²) < 4.78 is 71.4. The number of sulfone groups is 1. The van der Waals surface area contributed by atoms with Gasteiger partial charge in [-0.1, -0.05) is 20.5 Å². The minimum absolute atomic E-state index is 0.0464. The van der Waals surface area contributed by atoms with Crippen molar-refractivity contribution < 1.29 is 66.0 Å². The number of thioether (sulfide) groups is 1. The molecule has 302 valence electrons. The number of aromatic nitrogens is 2. The molecule has 0 radical (unpaired) electrons. The van der Waals surface area contributed by atoms with Crippen LogP contribution in [0, 0.1) is 0 Å². The molecule has 0 aliphatic rings. The largest absolute Gasteiger partial charge is 0.506 e. The second-order valence-corrected chi connectivity index (χ2v) is 17.1. The van der Waals surface area contributed by atoms with Gasteiger partial charge < -0.3 is 25.2 Å². The Bertz CT molecular complexity index is 2590. The van der Waals surface area contributed by atoms with E-state index in [0.717, 1.165) is 22.9 Å². The maximum atomic E-state index is 13.1. The standard InChI is InChI=1S/C31H30N7O14PS4/c1-50-23-14-21(22(39)15-24(23)56(45,46)11-10-54-9-8-32-53)34-35-26-25(57(47,48)49)12-16-2-3-17(13-20(16)29(26)40)33-36-27-28(31(42)43)37-38(30(27)41)18-4-6-19(7-5-18)55-52-51-44/h2-7,12-15,32,39-41,44H,8-11,53H2,1H3,(H,42,43)(H,47,48,49)/b35-34+,36-33+. The molecule has 57 heavy (non-hydrogen) atoms. The summed E-state index contributed by atoms with van der Waals surface area (Å²) >= 11 is 2.06. The van der Waals surface area contributed by atoms with Gasteiger partial charge in [-0.2, -0.15) is 35.1 Å². The molecule has 1 atom stereocenters. The summed E-state index contributed by atoms with van der Waals surface area (Å²) in [6, 6.07) is 12.6. The van der Waals surface area contributed by atoms with Crippen molar-refractivity contribution in [3.63, 3.8) is 0 Å². The summed E-state index contributed by atoms with van der Waals surface area (Å²) in [6.45, 7) is 0.644. The van der Waals surface area contributed by atoms with E-state index in [0.29, 0.717) is 29.2 Å². The Hall–Kier alpha value is -4.95. The Labute approximate surface area is 333 Å². The van der Waals surface area contributed by atoms with Crippen molar-refractivity contribution in [3.8, 4) is 28.8 Å². The highest BCUT2D eigenvalue weighted by atomic mass is 32.2. The SMILES string of the molecule is COc1cc(/N=N/c2c(S(=O)(=O)O)cc3ccc(/N=N/c4c(C(=O)O)nn(-c5ccc(SOOO)cc5)c4O)cc3c2O)c(O)cc1S(=O)(=O)CCSCCNP. The Morgan fingerprint density at radius 1 is 0.930 bits per heavy atom. The van der Waals surface area contributed by atoms with Crippen molar-refractivity contribution in [2.75, 3.05) is 30.9 Å². The lowest BCUT2D eigenvalue weighted by Crippen LogP contribution is -2.12. The Balaban J connectivity index is 1.50. The van der Waals surface area contributed by atoms with Crippen LogP contribution in [0.25, 0.3) is 16.5 Å². The molecule has 0 saturated heterocycles. The van der Waals surface area contributed by atoms with E-state index < -0.39 is 65.3 Å². The Morgan fingerprint density at radius 2 is 1.65 bits per heavy atom. The smallest absolute Gasteiger partial charge is 0.358 e. The molecule has 0 spiro atoms. The van der Waals surface area contributed by atoms with Crippen LogP contribution in [-0.2, 0) is 29.3 Å². The van der Waals surface area contributed by atoms with E-state index in [1.807, 2.05) is 0 Å². The zero-order valence-electron chi connectivity index (χ0n) is 28.9. The number of benzene rings is 4. The van der Waals surface area contributed by atoms with Crippen LogP contribution in [0.4, 0.5) is 22.7 Å². The maximum absolute atomic E-state index is 13.1. The molecule has 5 rings (SSSR count). The molecule has 1 aromatic heterocycles. The van der Waals surface area contributed by atoms with Crippen LogP contribution in [0.2, 0.25) is 0 Å². The molecule has 0 bridgehead atoms. The lowest BCUT2D eigenvalue weighted by atomic mass is 10.1. The number of aromatic hydroxyl groups is 3. The first-order valence-electron chi connectivity index (χ1n) is 15.7. The first-order valence-corrected chi connectivity index (χ1v) is 21.2. The van der Waals surface area contributed by atoms with Gasteiger partial charge in [-0.3, -0.25) is 9.64 Å². The van der Waals surface area contributed by atoms with E-state index in [1.54, 1.807) is 0 Å². The molecular formula is C31H30N7O14PS4. The molecule has 0 amide bonds. The van der Waals surface area contributed by atoms with Gasteiger partial charge in [-0.25, -0.2) is 18.5 Å². The van der Waals surface area contributed by atoms with Crippen LogP contribution in [0.15, 0.2) is 95.8 Å². The molecule has 7 N–H and O–H groups in total. The summed E-state index contributed by atoms with van der Waals surface area (Å²) in [5, 5.41) is 76.6. The van der Waals surface area contributed by atoms with Crippen molar-refractivity contribution in [2.24, 2.45) is 20.5 Å². The number of fused-ring (bicyclic) bond motifs is 1. The van der Waals surface area contributed by atoms with Gasteiger partial charge in [0.2, 0.25) is 11.6 Å². The number of nitrogens with zero attached hydrogens (tertiary/aromatic N) is 6. The Morgan fingerprint density at radius 3 is 2.30 bits per heavy atom. The van der Waals surface area contributed by atoms with Gasteiger partial charge >= 0.3 is 5.97 Å². The normalized spacial score (nSPS) is 12.3. The quantitative estimate of drug-likeness (QED) is 0.00973. The first kappa shape index (κ1) is 43.2. The number of aromatic carboxylic acids is 1. The number of carboxylic acid groups (broad SMARTS) is 1. The molecular weight excluding hydrogens is 854 g/mol. The number of phenols is 2. The van der Waals surface area contributed by atoms with Crippen LogP contribution in [0.5, 0.6) is 23.1 Å². The monoisotopic (exact) mass is 883 g/mol. The van der Waals surface area contributed by atoms with Gasteiger partial charge in [0.1, 0.15) is 32.7 Å². The molecule has 0 saturated carbocycles. The minimum atomic E-state index is -5.06. The molecule has 0 fully saturated rings. The highest BCUT2D eigenvalue weighted by Crippen LogP contribution is 2.44. The highest BCUT2D eigenvalue weighted by molar-refractivity contribution is 8.00. The summed E-state index contributed by atoms with van der Waals surface area (Å²) in [7, 11) is -5.47. The van der Waals surface area contributed by atoms with Crippen LogP contribution in [0.3, 0.4) is 0 Å². The minimum Gasteiger partial charge on any atom is -0.506 e. The average Bonchev–Trinajstić information content (AvgIpc) is 3.51. The number of carboxylic acids is 1. The first-order chi connectivity index (χ1) is 27.1. The van der Waals surface area contributed by atoms with Crippen LogP contribution in [0.1, 0.15) is 10.5 Å². The van der Waals surface area contributed by atoms with Crippen LogP contribution < -0.4 is 9.82 Å². The van der Waals surface area contributed by atoms with Gasteiger partial charge in [-0.15, -0.1) is 19.7 Å². The van der Waals surface area contributed by atoms with E-state index >= 15 is 0 Å². The topological polar surface area (TPSA) is 314 Å². The van der Waals surface area contributed by atoms with Gasteiger partial charge in [0.15, 0.2) is 21.3 Å². The highest BCUT2D eigenvalue weighted by Gasteiger charge is 2.26. The zero-order valence-corrected chi connectivity index (χ0v) is 33.4. The summed E-state index contributed by atoms with van der Waals surface area (Å²) in [5.41, 5.74) is -2.23. The third-order valence-electron chi connectivity index (χ3n) is 7.60. The summed E-state index contributed by atoms with van der Waals surface area (Å²) in [4.78, 5) is 11.3. The molecule has 0 aliphatic carbocycles. The van der Waals surface area contributed by atoms with Gasteiger partial charge in [-0.05, 0) is 47.9 Å². The molecule has 0 aliphatic heterocycles. The van der Waals surface area contributed by atoms with Crippen molar-refractivity contribution >= 4 is 92.6 Å². The predicted octanol–water partition coefficient (Wildman–Crippen LogP) is 6.24. The fourth-order valence-corrected chi connectivity index (χ4v) is 9.09. The van der Waals surface area contributed by atoms with E-state index in [9.17, 15) is 46.6 Å². The molecule has 4 aromatic carbocycles. The van der Waals surface area contributed by atoms with Crippen molar-refractivity contribution in [3.05, 3.63) is 66.4 Å². The molecule has 1 heterocycles. The van der Waals surface area contributed by atoms with E-state index in [2.05, 4.69) is 49.4 Å². The number of hydrogen-bond donors (Lipinski definition) is 7. The second-order valence-electron chi connectivity index (χ2n) is 11.2. The van der Waals surface area contributed by atoms with E-state index in [-0.39, 0.29) is 50.0 Å². The number of phenolic OH excluding ortho intramolecular Hbond substituents is 2. The van der Waals surface area contributed by atoms with Crippen molar-refractivity contribution in [2.45, 2.75) is 14.7 Å². The zero-order chi connectivity index (χ0) is 41.5. The summed E-state index contributed by atoms with van der Waals surface area (Å²) in [5.74, 6) is -3.34. The predicted molar refractivity (Wildman–Crippen MR) is 208 cm³/mol. The third kappa shape index (κ3) is 10.1. The number of hydrogen-bond acceptors (Lipinski definition) is 20. The van der Waals surface area contributed by atoms with Crippen molar-refractivity contribution in [1.29, 1.82) is 0 Å². The summed E-state index contributed by atoms with van der Waals surface area (Å²) in [6.07, 6.45) is 0. The lowest BCUT2D eigenvalue weighted by Gasteiger charge is -2.12. The number of nitrogens with one attached hydrogen (secondary N) is 1. The number of carbonyl (C=O) groups is 1. The number of azo groups is 2. The number of methoxy groups -OCH3 is 1. The Kier molecular flexibility index (Phi) is 14.0. The lowest BCUT2D eigenvalue weighted by molar-refractivity contribution is -0.432. The van der Waals surface area contributed by atoms with Crippen LogP contribution >= 0.6 is 33.2 Å². The fraction of sp³-hybridized carbons (Fsp3) is 0.161. The van der Waals surface area contributed by atoms with Gasteiger partial charge in [0.25, 0.3) is 10.1 Å². The van der Waals surface area contributed by atoms with E-state index in [1.165, 1.54) is 61.3 Å². The average molecular weight is 884 g/mol. The molecule has 26 heteroatoms. The maximum Gasteiger partial charge on any atom is 0.358 e. The van der Waals surface area contributed by atoms with Crippen LogP contribution in [-0.4, -0.2) is 93.7 Å².